The van der Waals surface area contributed by atoms with Crippen molar-refractivity contribution in [1.29, 1.82) is 0 Å². The molecule has 0 aliphatic rings. The zero-order valence-corrected chi connectivity index (χ0v) is 25.0. The molecule has 0 fully saturated rings. The number of nitrogens with one attached hydrogen (secondary N) is 2. The fraction of sp³-hybridized carbons (Fsp3) is 0.160. The molecule has 5 nitrogen and oxygen atoms in total. The number of fused-ring (bicyclic) bond motifs is 1. The molecule has 34 heavy (non-hydrogen) atoms. The molecule has 0 radical (unpaired) electrons. The first-order valence-electron chi connectivity index (χ1n) is 10.5. The first-order chi connectivity index (χ1) is 16.2. The quantitative estimate of drug-likeness (QED) is 0.122. The molecule has 174 valence electrons. The van der Waals surface area contributed by atoms with Gasteiger partial charge in [-0.15, -0.1) is 0 Å². The number of carbonyl (C=O) groups excluding carboxylic acids is 1. The Kier molecular flexibility index (Phi) is 8.26. The third-order valence-corrected chi connectivity index (χ3v) is 8.70. The highest BCUT2D eigenvalue weighted by Crippen LogP contribution is 2.29. The fourth-order valence-electron chi connectivity index (χ4n) is 3.39. The van der Waals surface area contributed by atoms with Gasteiger partial charge in [0.2, 0.25) is 5.89 Å². The highest BCUT2D eigenvalue weighted by atomic mass is 127. The number of hydrogen-bond donors (Lipinski definition) is 2. The molecule has 0 aliphatic carbocycles. The summed E-state index contributed by atoms with van der Waals surface area (Å²) >= 11 is 13.2. The lowest BCUT2D eigenvalue weighted by atomic mass is 9.98. The molecule has 1 atom stereocenters. The van der Waals surface area contributed by atoms with Gasteiger partial charge in [0, 0.05) is 22.9 Å². The van der Waals surface area contributed by atoms with Crippen LogP contribution in [0.3, 0.4) is 0 Å². The standard InChI is InChI=1S/C25H20BrI2N3O2S/c1-3-13(2)14-7-8-21-20(10-14)30-24(33-21)15-5-4-6-17(9-15)29-25(34)31-23(32)18-11-16(27)12-19(28)22(18)26/h4-13H,3H2,1-2H3,(H2,29,31,32,34)/t13-/m0/s1. The Morgan fingerprint density at radius 3 is 2.74 bits per heavy atom. The number of hydrogen-bond acceptors (Lipinski definition) is 4. The molecule has 0 unspecified atom stereocenters. The average molecular weight is 760 g/mol. The van der Waals surface area contributed by atoms with Gasteiger partial charge in [0.25, 0.3) is 5.91 Å². The molecular formula is C25H20BrI2N3O2S. The van der Waals surface area contributed by atoms with Crippen LogP contribution in [0.4, 0.5) is 5.69 Å². The third-order valence-electron chi connectivity index (χ3n) is 5.43. The number of benzene rings is 3. The van der Waals surface area contributed by atoms with E-state index < -0.39 is 0 Å². The van der Waals surface area contributed by atoms with Crippen LogP contribution in [0.5, 0.6) is 0 Å². The van der Waals surface area contributed by atoms with Crippen LogP contribution >= 0.6 is 73.3 Å². The SMILES string of the molecule is CC[C@H](C)c1ccc2oc(-c3cccc(NC(=S)NC(=O)c4cc(I)cc(I)c4Br)c3)nc2c1. The molecule has 0 aliphatic heterocycles. The van der Waals surface area contributed by atoms with E-state index in [4.69, 9.17) is 21.6 Å². The summed E-state index contributed by atoms with van der Waals surface area (Å²) in [6.07, 6.45) is 1.07. The highest BCUT2D eigenvalue weighted by molar-refractivity contribution is 14.1. The van der Waals surface area contributed by atoms with E-state index >= 15 is 0 Å². The number of rotatable bonds is 5. The fourth-order valence-corrected chi connectivity index (χ4v) is 5.86. The molecule has 1 aromatic heterocycles. The Bertz CT molecular complexity index is 1410. The van der Waals surface area contributed by atoms with Gasteiger partial charge in [-0.1, -0.05) is 26.0 Å². The minimum absolute atomic E-state index is 0.207. The molecule has 1 heterocycles. The summed E-state index contributed by atoms with van der Waals surface area (Å²) in [4.78, 5) is 17.4. The Morgan fingerprint density at radius 1 is 1.18 bits per heavy atom. The summed E-state index contributed by atoms with van der Waals surface area (Å²) in [6, 6.07) is 17.5. The number of carbonyl (C=O) groups is 1. The van der Waals surface area contributed by atoms with Crippen molar-refractivity contribution in [3.63, 3.8) is 0 Å². The second kappa shape index (κ2) is 11.0. The van der Waals surface area contributed by atoms with Crippen LogP contribution in [0.25, 0.3) is 22.6 Å². The number of anilines is 1. The Morgan fingerprint density at radius 2 is 1.97 bits per heavy atom. The molecule has 9 heteroatoms. The minimum atomic E-state index is -0.284. The largest absolute Gasteiger partial charge is 0.436 e. The van der Waals surface area contributed by atoms with Crippen molar-refractivity contribution in [2.24, 2.45) is 0 Å². The number of amides is 1. The van der Waals surface area contributed by atoms with Gasteiger partial charge in [-0.05, 0) is 134 Å². The maximum atomic E-state index is 12.8. The maximum Gasteiger partial charge on any atom is 0.258 e. The first kappa shape index (κ1) is 25.5. The van der Waals surface area contributed by atoms with Crippen molar-refractivity contribution in [3.8, 4) is 11.5 Å². The van der Waals surface area contributed by atoms with Gasteiger partial charge in [0.1, 0.15) is 5.52 Å². The summed E-state index contributed by atoms with van der Waals surface area (Å²) in [7, 11) is 0. The van der Waals surface area contributed by atoms with Crippen molar-refractivity contribution < 1.29 is 9.21 Å². The molecule has 4 aromatic rings. The zero-order chi connectivity index (χ0) is 24.4. The lowest BCUT2D eigenvalue weighted by Crippen LogP contribution is -2.34. The van der Waals surface area contributed by atoms with Gasteiger partial charge in [-0.25, -0.2) is 4.98 Å². The number of aromatic nitrogens is 1. The number of oxazole rings is 1. The lowest BCUT2D eigenvalue weighted by Gasteiger charge is -2.12. The summed E-state index contributed by atoms with van der Waals surface area (Å²) in [5, 5.41) is 6.03. The first-order valence-corrected chi connectivity index (χ1v) is 13.9. The van der Waals surface area contributed by atoms with Gasteiger partial charge < -0.3 is 9.73 Å². The van der Waals surface area contributed by atoms with Crippen LogP contribution in [0, 0.1) is 7.14 Å². The van der Waals surface area contributed by atoms with Crippen molar-refractivity contribution in [3.05, 3.63) is 77.3 Å². The summed E-state index contributed by atoms with van der Waals surface area (Å²) < 4.78 is 8.65. The van der Waals surface area contributed by atoms with Crippen LogP contribution in [-0.4, -0.2) is 16.0 Å². The van der Waals surface area contributed by atoms with E-state index in [0.717, 1.165) is 40.4 Å². The molecule has 0 saturated carbocycles. The van der Waals surface area contributed by atoms with E-state index in [0.29, 0.717) is 17.4 Å². The molecule has 0 bridgehead atoms. The van der Waals surface area contributed by atoms with Crippen LogP contribution in [0.15, 0.2) is 63.5 Å². The number of thiocarbonyl (C=S) groups is 1. The summed E-state index contributed by atoms with van der Waals surface area (Å²) in [5.41, 5.74) is 4.91. The van der Waals surface area contributed by atoms with Gasteiger partial charge in [-0.3, -0.25) is 10.1 Å². The second-order valence-corrected chi connectivity index (χ2v) is 11.4. The molecule has 3 aromatic carbocycles. The molecule has 4 rings (SSSR count). The average Bonchev–Trinajstić information content (AvgIpc) is 3.24. The normalized spacial score (nSPS) is 11.9. The van der Waals surface area contributed by atoms with E-state index in [1.165, 1.54) is 5.56 Å². The molecule has 2 N–H and O–H groups in total. The van der Waals surface area contributed by atoms with Crippen molar-refractivity contribution in [2.75, 3.05) is 5.32 Å². The number of halogens is 3. The highest BCUT2D eigenvalue weighted by Gasteiger charge is 2.16. The van der Waals surface area contributed by atoms with E-state index in [-0.39, 0.29) is 11.0 Å². The Balaban J connectivity index is 1.50. The second-order valence-electron chi connectivity index (χ2n) is 7.79. The number of nitrogens with zero attached hydrogens (tertiary/aromatic N) is 1. The van der Waals surface area contributed by atoms with Crippen LogP contribution in [-0.2, 0) is 0 Å². The summed E-state index contributed by atoms with van der Waals surface area (Å²) in [5.74, 6) is 0.719. The van der Waals surface area contributed by atoms with Crippen LogP contribution in [0.2, 0.25) is 0 Å². The van der Waals surface area contributed by atoms with E-state index in [2.05, 4.69) is 97.7 Å². The van der Waals surface area contributed by atoms with Crippen LogP contribution in [0.1, 0.15) is 42.1 Å². The van der Waals surface area contributed by atoms with Crippen LogP contribution < -0.4 is 10.6 Å². The van der Waals surface area contributed by atoms with Crippen molar-refractivity contribution in [2.45, 2.75) is 26.2 Å². The molecule has 1 amide bonds. The lowest BCUT2D eigenvalue weighted by molar-refractivity contribution is 0.0977. The molecular weight excluding hydrogens is 740 g/mol. The van der Waals surface area contributed by atoms with Crippen molar-refractivity contribution in [1.82, 2.24) is 10.3 Å². The van der Waals surface area contributed by atoms with E-state index in [1.807, 2.05) is 42.5 Å². The zero-order valence-electron chi connectivity index (χ0n) is 18.3. The van der Waals surface area contributed by atoms with E-state index in [1.54, 1.807) is 0 Å². The van der Waals surface area contributed by atoms with Gasteiger partial charge in [-0.2, -0.15) is 0 Å². The monoisotopic (exact) mass is 759 g/mol. The summed E-state index contributed by atoms with van der Waals surface area (Å²) in [6.45, 7) is 4.38. The Hall–Kier alpha value is -1.57. The van der Waals surface area contributed by atoms with Crippen molar-refractivity contribution >= 4 is 101 Å². The van der Waals surface area contributed by atoms with E-state index in [9.17, 15) is 4.79 Å². The molecule has 0 spiro atoms. The maximum absolute atomic E-state index is 12.8. The van der Waals surface area contributed by atoms with Gasteiger partial charge >= 0.3 is 0 Å². The Labute approximate surface area is 238 Å². The molecule has 0 saturated heterocycles. The topological polar surface area (TPSA) is 67.2 Å². The van der Waals surface area contributed by atoms with Gasteiger partial charge in [0.15, 0.2) is 10.7 Å². The minimum Gasteiger partial charge on any atom is -0.436 e. The third kappa shape index (κ3) is 5.80. The smallest absolute Gasteiger partial charge is 0.258 e. The predicted molar refractivity (Wildman–Crippen MR) is 161 cm³/mol. The van der Waals surface area contributed by atoms with Gasteiger partial charge in [0.05, 0.1) is 5.56 Å². The predicted octanol–water partition coefficient (Wildman–Crippen LogP) is 8.11.